The van der Waals surface area contributed by atoms with Crippen molar-refractivity contribution in [2.24, 2.45) is 0 Å². The Kier molecular flexibility index (Phi) is 4.25. The van der Waals surface area contributed by atoms with Gasteiger partial charge in [0, 0.05) is 30.4 Å². The maximum absolute atomic E-state index is 12.2. The molecule has 2 N–H and O–H groups in total. The van der Waals surface area contributed by atoms with Crippen molar-refractivity contribution in [3.63, 3.8) is 0 Å². The van der Waals surface area contributed by atoms with Gasteiger partial charge in [0.25, 0.3) is 0 Å². The maximum Gasteiger partial charge on any atom is 0.387 e. The van der Waals surface area contributed by atoms with Crippen molar-refractivity contribution in [1.82, 2.24) is 15.5 Å². The summed E-state index contributed by atoms with van der Waals surface area (Å²) in [6.07, 6.45) is 3.48. The van der Waals surface area contributed by atoms with Gasteiger partial charge in [0.1, 0.15) is 5.75 Å². The summed E-state index contributed by atoms with van der Waals surface area (Å²) in [4.78, 5) is 0. The standard InChI is InChI=1S/C12H13F2N3O/c13-12(14)18-11-4-2-1-3-10(11)8-15-5-9-6-16-17-7-9/h1-4,6-7,12,15H,5,8H2,(H,16,17). The molecule has 0 bridgehead atoms. The Morgan fingerprint density at radius 3 is 2.83 bits per heavy atom. The van der Waals surface area contributed by atoms with Crippen LogP contribution in [0.1, 0.15) is 11.1 Å². The van der Waals surface area contributed by atoms with Crippen LogP contribution in [-0.2, 0) is 13.1 Å². The quantitative estimate of drug-likeness (QED) is 0.830. The van der Waals surface area contributed by atoms with Crippen LogP contribution in [0.5, 0.6) is 5.75 Å². The van der Waals surface area contributed by atoms with Crippen molar-refractivity contribution in [2.45, 2.75) is 19.7 Å². The van der Waals surface area contributed by atoms with E-state index in [0.717, 1.165) is 5.56 Å². The molecule has 0 unspecified atom stereocenters. The number of nitrogens with one attached hydrogen (secondary N) is 2. The molecule has 0 radical (unpaired) electrons. The molecule has 0 fully saturated rings. The number of para-hydroxylation sites is 1. The average molecular weight is 253 g/mol. The molecule has 1 aromatic heterocycles. The minimum absolute atomic E-state index is 0.201. The van der Waals surface area contributed by atoms with Crippen LogP contribution in [0.2, 0.25) is 0 Å². The molecule has 2 aromatic rings. The first-order chi connectivity index (χ1) is 8.75. The van der Waals surface area contributed by atoms with Crippen molar-refractivity contribution in [2.75, 3.05) is 0 Å². The second kappa shape index (κ2) is 6.11. The zero-order chi connectivity index (χ0) is 12.8. The van der Waals surface area contributed by atoms with Gasteiger partial charge in [-0.2, -0.15) is 13.9 Å². The predicted octanol–water partition coefficient (Wildman–Crippen LogP) is 2.30. The van der Waals surface area contributed by atoms with E-state index >= 15 is 0 Å². The van der Waals surface area contributed by atoms with E-state index in [0.29, 0.717) is 18.7 Å². The van der Waals surface area contributed by atoms with Gasteiger partial charge in [0.15, 0.2) is 0 Å². The lowest BCUT2D eigenvalue weighted by atomic mass is 10.2. The predicted molar refractivity (Wildman–Crippen MR) is 62.2 cm³/mol. The second-order valence-corrected chi connectivity index (χ2v) is 3.70. The molecule has 0 aliphatic heterocycles. The average Bonchev–Trinajstić information content (AvgIpc) is 2.84. The Hall–Kier alpha value is -1.95. The van der Waals surface area contributed by atoms with E-state index in [1.807, 2.05) is 0 Å². The lowest BCUT2D eigenvalue weighted by Gasteiger charge is -2.10. The fourth-order valence-corrected chi connectivity index (χ4v) is 1.58. The van der Waals surface area contributed by atoms with Crippen LogP contribution in [0, 0.1) is 0 Å². The Morgan fingerprint density at radius 1 is 1.28 bits per heavy atom. The first-order valence-electron chi connectivity index (χ1n) is 5.47. The highest BCUT2D eigenvalue weighted by molar-refractivity contribution is 5.33. The minimum atomic E-state index is -2.81. The molecule has 0 aliphatic carbocycles. The molecular weight excluding hydrogens is 240 g/mol. The summed E-state index contributed by atoms with van der Waals surface area (Å²) >= 11 is 0. The van der Waals surface area contributed by atoms with E-state index in [1.165, 1.54) is 6.07 Å². The SMILES string of the molecule is FC(F)Oc1ccccc1CNCc1cn[nH]c1. The highest BCUT2D eigenvalue weighted by atomic mass is 19.3. The summed E-state index contributed by atoms with van der Waals surface area (Å²) in [5.41, 5.74) is 1.70. The normalized spacial score (nSPS) is 10.8. The van der Waals surface area contributed by atoms with Gasteiger partial charge in [0.05, 0.1) is 6.20 Å². The van der Waals surface area contributed by atoms with Crippen molar-refractivity contribution in [3.05, 3.63) is 47.8 Å². The van der Waals surface area contributed by atoms with Crippen molar-refractivity contribution in [1.29, 1.82) is 0 Å². The molecule has 1 aromatic carbocycles. The number of alkyl halides is 2. The van der Waals surface area contributed by atoms with E-state index in [1.54, 1.807) is 30.6 Å². The Labute approximate surface area is 103 Å². The van der Waals surface area contributed by atoms with Crippen molar-refractivity contribution >= 4 is 0 Å². The fourth-order valence-electron chi connectivity index (χ4n) is 1.58. The van der Waals surface area contributed by atoms with E-state index in [9.17, 15) is 8.78 Å². The van der Waals surface area contributed by atoms with Gasteiger partial charge in [-0.15, -0.1) is 0 Å². The van der Waals surface area contributed by atoms with Crippen LogP contribution < -0.4 is 10.1 Å². The summed E-state index contributed by atoms with van der Waals surface area (Å²) < 4.78 is 28.8. The molecule has 18 heavy (non-hydrogen) atoms. The van der Waals surface area contributed by atoms with E-state index in [4.69, 9.17) is 0 Å². The number of halogens is 2. The largest absolute Gasteiger partial charge is 0.434 e. The maximum atomic E-state index is 12.2. The number of hydrogen-bond acceptors (Lipinski definition) is 3. The number of hydrogen-bond donors (Lipinski definition) is 2. The summed E-state index contributed by atoms with van der Waals surface area (Å²) in [6.45, 7) is -1.74. The van der Waals surface area contributed by atoms with Gasteiger partial charge in [-0.1, -0.05) is 18.2 Å². The van der Waals surface area contributed by atoms with Crippen LogP contribution in [0.15, 0.2) is 36.7 Å². The monoisotopic (exact) mass is 253 g/mol. The Morgan fingerprint density at radius 2 is 2.11 bits per heavy atom. The molecule has 0 saturated carbocycles. The van der Waals surface area contributed by atoms with E-state index in [2.05, 4.69) is 20.3 Å². The van der Waals surface area contributed by atoms with Crippen molar-refractivity contribution in [3.8, 4) is 5.75 Å². The summed E-state index contributed by atoms with van der Waals surface area (Å²) in [5, 5.41) is 9.65. The van der Waals surface area contributed by atoms with Crippen LogP contribution in [0.4, 0.5) is 8.78 Å². The lowest BCUT2D eigenvalue weighted by molar-refractivity contribution is -0.0505. The molecule has 0 spiro atoms. The molecule has 6 heteroatoms. The van der Waals surface area contributed by atoms with Crippen LogP contribution >= 0.6 is 0 Å². The first kappa shape index (κ1) is 12.5. The summed E-state index contributed by atoms with van der Waals surface area (Å²) in [7, 11) is 0. The van der Waals surface area contributed by atoms with Gasteiger partial charge >= 0.3 is 6.61 Å². The van der Waals surface area contributed by atoms with Crippen LogP contribution in [-0.4, -0.2) is 16.8 Å². The second-order valence-electron chi connectivity index (χ2n) is 3.70. The lowest BCUT2D eigenvalue weighted by Crippen LogP contribution is -2.14. The van der Waals surface area contributed by atoms with E-state index < -0.39 is 6.61 Å². The number of benzene rings is 1. The summed E-state index contributed by atoms with van der Waals surface area (Å²) in [6, 6.07) is 6.73. The highest BCUT2D eigenvalue weighted by Gasteiger charge is 2.08. The Balaban J connectivity index is 1.92. The molecule has 0 saturated heterocycles. The number of aromatic nitrogens is 2. The molecule has 1 heterocycles. The molecule has 0 atom stereocenters. The fraction of sp³-hybridized carbons (Fsp3) is 0.250. The number of aromatic amines is 1. The number of nitrogens with zero attached hydrogens (tertiary/aromatic N) is 1. The topological polar surface area (TPSA) is 49.9 Å². The molecule has 96 valence electrons. The molecule has 4 nitrogen and oxygen atoms in total. The van der Waals surface area contributed by atoms with Crippen LogP contribution in [0.3, 0.4) is 0 Å². The molecule has 2 rings (SSSR count). The van der Waals surface area contributed by atoms with Gasteiger partial charge in [0.2, 0.25) is 0 Å². The van der Waals surface area contributed by atoms with Gasteiger partial charge in [-0.05, 0) is 6.07 Å². The van der Waals surface area contributed by atoms with E-state index in [-0.39, 0.29) is 5.75 Å². The minimum Gasteiger partial charge on any atom is -0.434 e. The molecular formula is C12H13F2N3O. The zero-order valence-corrected chi connectivity index (χ0v) is 9.57. The number of ether oxygens (including phenoxy) is 1. The van der Waals surface area contributed by atoms with Gasteiger partial charge in [-0.25, -0.2) is 0 Å². The third-order valence-electron chi connectivity index (χ3n) is 2.39. The Bertz CT molecular complexity index is 474. The molecule has 0 aliphatic rings. The first-order valence-corrected chi connectivity index (χ1v) is 5.47. The third-order valence-corrected chi connectivity index (χ3v) is 2.39. The van der Waals surface area contributed by atoms with Crippen molar-refractivity contribution < 1.29 is 13.5 Å². The summed E-state index contributed by atoms with van der Waals surface area (Å²) in [5.74, 6) is 0.201. The van der Waals surface area contributed by atoms with Crippen LogP contribution in [0.25, 0.3) is 0 Å². The molecule has 0 amide bonds. The third kappa shape index (κ3) is 3.53. The number of rotatable bonds is 6. The van der Waals surface area contributed by atoms with Gasteiger partial charge in [-0.3, -0.25) is 5.10 Å². The van der Waals surface area contributed by atoms with Gasteiger partial charge < -0.3 is 10.1 Å². The smallest absolute Gasteiger partial charge is 0.387 e. The zero-order valence-electron chi connectivity index (χ0n) is 9.57. The highest BCUT2D eigenvalue weighted by Crippen LogP contribution is 2.19. The number of H-pyrrole nitrogens is 1.